The summed E-state index contributed by atoms with van der Waals surface area (Å²) in [5.74, 6) is 0.545. The molecule has 4 rings (SSSR count). The zero-order chi connectivity index (χ0) is 17.8. The SMILES string of the molecule is O=C(c1ccncc1)N1CCOC[C@@H]1c1ncn(Cc2ccccc2)n1. The van der Waals surface area contributed by atoms with Crippen LogP contribution in [0.4, 0.5) is 0 Å². The van der Waals surface area contributed by atoms with Crippen LogP contribution in [0.3, 0.4) is 0 Å². The molecule has 0 aliphatic carbocycles. The fourth-order valence-corrected chi connectivity index (χ4v) is 3.03. The summed E-state index contributed by atoms with van der Waals surface area (Å²) in [6, 6.07) is 13.2. The van der Waals surface area contributed by atoms with Gasteiger partial charge in [-0.2, -0.15) is 5.10 Å². The number of amides is 1. The molecule has 3 heterocycles. The summed E-state index contributed by atoms with van der Waals surface area (Å²) < 4.78 is 7.37. The third-order valence-corrected chi connectivity index (χ3v) is 4.36. The maximum Gasteiger partial charge on any atom is 0.254 e. The molecule has 1 atom stereocenters. The fourth-order valence-electron chi connectivity index (χ4n) is 3.03. The van der Waals surface area contributed by atoms with Crippen LogP contribution in [0.5, 0.6) is 0 Å². The van der Waals surface area contributed by atoms with Crippen molar-refractivity contribution in [1.29, 1.82) is 0 Å². The molecule has 0 unspecified atom stereocenters. The highest BCUT2D eigenvalue weighted by molar-refractivity contribution is 5.94. The summed E-state index contributed by atoms with van der Waals surface area (Å²) >= 11 is 0. The van der Waals surface area contributed by atoms with Crippen molar-refractivity contribution in [3.05, 3.63) is 78.1 Å². The van der Waals surface area contributed by atoms with E-state index in [1.807, 2.05) is 30.3 Å². The first-order valence-corrected chi connectivity index (χ1v) is 8.53. The highest BCUT2D eigenvalue weighted by Gasteiger charge is 2.32. The van der Waals surface area contributed by atoms with Gasteiger partial charge in [-0.1, -0.05) is 30.3 Å². The van der Waals surface area contributed by atoms with Crippen LogP contribution >= 0.6 is 0 Å². The molecule has 3 aromatic rings. The van der Waals surface area contributed by atoms with Gasteiger partial charge in [0, 0.05) is 24.5 Å². The predicted octanol–water partition coefficient (Wildman–Crippen LogP) is 1.94. The number of benzene rings is 1. The second-order valence-corrected chi connectivity index (χ2v) is 6.11. The van der Waals surface area contributed by atoms with E-state index in [0.29, 0.717) is 37.7 Å². The number of morpholine rings is 1. The van der Waals surface area contributed by atoms with Gasteiger partial charge in [0.1, 0.15) is 12.4 Å². The lowest BCUT2D eigenvalue weighted by Gasteiger charge is -2.34. The van der Waals surface area contributed by atoms with Crippen LogP contribution in [0.25, 0.3) is 0 Å². The van der Waals surface area contributed by atoms with Crippen molar-refractivity contribution in [3.63, 3.8) is 0 Å². The topological polar surface area (TPSA) is 73.1 Å². The summed E-state index contributed by atoms with van der Waals surface area (Å²) in [5, 5.41) is 4.57. The van der Waals surface area contributed by atoms with Gasteiger partial charge < -0.3 is 9.64 Å². The minimum atomic E-state index is -0.290. The molecule has 7 heteroatoms. The molecule has 1 aliphatic rings. The molecule has 1 aliphatic heterocycles. The Morgan fingerprint density at radius 3 is 2.77 bits per heavy atom. The number of carbonyl (C=O) groups is 1. The van der Waals surface area contributed by atoms with E-state index in [2.05, 4.69) is 15.1 Å². The van der Waals surface area contributed by atoms with E-state index in [0.717, 1.165) is 5.56 Å². The number of hydrogen-bond donors (Lipinski definition) is 0. The van der Waals surface area contributed by atoms with Gasteiger partial charge in [-0.25, -0.2) is 9.67 Å². The molecule has 1 aromatic carbocycles. The van der Waals surface area contributed by atoms with Gasteiger partial charge in [0.05, 0.1) is 19.8 Å². The maximum atomic E-state index is 12.9. The molecular formula is C19H19N5O2. The van der Waals surface area contributed by atoms with Crippen molar-refractivity contribution in [2.24, 2.45) is 0 Å². The Morgan fingerprint density at radius 1 is 1.15 bits per heavy atom. The first kappa shape index (κ1) is 16.4. The first-order valence-electron chi connectivity index (χ1n) is 8.53. The largest absolute Gasteiger partial charge is 0.377 e. The lowest BCUT2D eigenvalue weighted by molar-refractivity contribution is -0.00524. The van der Waals surface area contributed by atoms with Gasteiger partial charge in [-0.05, 0) is 17.7 Å². The number of nitrogens with zero attached hydrogens (tertiary/aromatic N) is 5. The Bertz CT molecular complexity index is 866. The minimum absolute atomic E-state index is 0.0555. The van der Waals surface area contributed by atoms with Crippen molar-refractivity contribution >= 4 is 5.91 Å². The fraction of sp³-hybridized carbons (Fsp3) is 0.263. The normalized spacial score (nSPS) is 17.2. The highest BCUT2D eigenvalue weighted by Crippen LogP contribution is 2.23. The van der Waals surface area contributed by atoms with Crippen molar-refractivity contribution in [1.82, 2.24) is 24.6 Å². The second-order valence-electron chi connectivity index (χ2n) is 6.11. The van der Waals surface area contributed by atoms with Crippen LogP contribution in [0.1, 0.15) is 27.8 Å². The van der Waals surface area contributed by atoms with Crippen LogP contribution in [0.2, 0.25) is 0 Å². The zero-order valence-electron chi connectivity index (χ0n) is 14.2. The number of pyridine rings is 1. The Hall–Kier alpha value is -3.06. The van der Waals surface area contributed by atoms with Crippen molar-refractivity contribution < 1.29 is 9.53 Å². The molecular weight excluding hydrogens is 330 g/mol. The van der Waals surface area contributed by atoms with Gasteiger partial charge in [0.25, 0.3) is 5.91 Å². The summed E-state index contributed by atoms with van der Waals surface area (Å²) in [5.41, 5.74) is 1.75. The van der Waals surface area contributed by atoms with Crippen LogP contribution in [-0.2, 0) is 11.3 Å². The lowest BCUT2D eigenvalue weighted by Crippen LogP contribution is -2.43. The molecule has 26 heavy (non-hydrogen) atoms. The lowest BCUT2D eigenvalue weighted by atomic mass is 10.1. The summed E-state index contributed by atoms with van der Waals surface area (Å²) in [7, 11) is 0. The smallest absolute Gasteiger partial charge is 0.254 e. The molecule has 0 saturated carbocycles. The number of rotatable bonds is 4. The standard InChI is InChI=1S/C19H19N5O2/c25-19(16-6-8-20-9-7-16)24-10-11-26-13-17(24)18-21-14-23(22-18)12-15-4-2-1-3-5-15/h1-9,14,17H,10-13H2/t17-/m1/s1. The summed E-state index contributed by atoms with van der Waals surface area (Å²) in [4.78, 5) is 23.0. The van der Waals surface area contributed by atoms with E-state index in [4.69, 9.17) is 4.74 Å². The summed E-state index contributed by atoms with van der Waals surface area (Å²) in [6.45, 7) is 2.06. The number of ether oxygens (including phenoxy) is 1. The average Bonchev–Trinajstić information content (AvgIpc) is 3.17. The Labute approximate surface area is 151 Å². The van der Waals surface area contributed by atoms with Crippen molar-refractivity contribution in [2.45, 2.75) is 12.6 Å². The van der Waals surface area contributed by atoms with E-state index in [1.165, 1.54) is 0 Å². The van der Waals surface area contributed by atoms with Crippen LogP contribution < -0.4 is 0 Å². The molecule has 7 nitrogen and oxygen atoms in total. The van der Waals surface area contributed by atoms with E-state index in [-0.39, 0.29) is 11.9 Å². The van der Waals surface area contributed by atoms with E-state index < -0.39 is 0 Å². The molecule has 0 N–H and O–H groups in total. The monoisotopic (exact) mass is 349 g/mol. The zero-order valence-corrected chi connectivity index (χ0v) is 14.2. The first-order chi connectivity index (χ1) is 12.8. The van der Waals surface area contributed by atoms with Gasteiger partial charge in [0.15, 0.2) is 5.82 Å². The van der Waals surface area contributed by atoms with Crippen LogP contribution in [-0.4, -0.2) is 50.3 Å². The molecule has 1 amide bonds. The quantitative estimate of drug-likeness (QED) is 0.720. The Kier molecular flexibility index (Phi) is 4.70. The molecule has 0 spiro atoms. The predicted molar refractivity (Wildman–Crippen MR) is 94.4 cm³/mol. The Morgan fingerprint density at radius 2 is 1.96 bits per heavy atom. The van der Waals surface area contributed by atoms with Crippen LogP contribution in [0, 0.1) is 0 Å². The molecule has 1 fully saturated rings. The van der Waals surface area contributed by atoms with Gasteiger partial charge in [-0.3, -0.25) is 9.78 Å². The van der Waals surface area contributed by atoms with Crippen molar-refractivity contribution in [2.75, 3.05) is 19.8 Å². The third-order valence-electron chi connectivity index (χ3n) is 4.36. The summed E-state index contributed by atoms with van der Waals surface area (Å²) in [6.07, 6.45) is 4.94. The van der Waals surface area contributed by atoms with Gasteiger partial charge in [-0.15, -0.1) is 0 Å². The highest BCUT2D eigenvalue weighted by atomic mass is 16.5. The third kappa shape index (κ3) is 3.48. The van der Waals surface area contributed by atoms with Crippen molar-refractivity contribution in [3.8, 4) is 0 Å². The molecule has 0 bridgehead atoms. The number of hydrogen-bond acceptors (Lipinski definition) is 5. The number of carbonyl (C=O) groups excluding carboxylic acids is 1. The maximum absolute atomic E-state index is 12.9. The number of aromatic nitrogens is 4. The second kappa shape index (κ2) is 7.45. The van der Waals surface area contributed by atoms with E-state index >= 15 is 0 Å². The average molecular weight is 349 g/mol. The molecule has 132 valence electrons. The van der Waals surface area contributed by atoms with Gasteiger partial charge >= 0.3 is 0 Å². The molecule has 2 aromatic heterocycles. The van der Waals surface area contributed by atoms with Gasteiger partial charge in [0.2, 0.25) is 0 Å². The van der Waals surface area contributed by atoms with Crippen LogP contribution in [0.15, 0.2) is 61.2 Å². The van der Waals surface area contributed by atoms with E-state index in [1.54, 1.807) is 40.4 Å². The molecule has 0 radical (unpaired) electrons. The Balaban J connectivity index is 1.54. The molecule has 1 saturated heterocycles. The van der Waals surface area contributed by atoms with E-state index in [9.17, 15) is 4.79 Å². The minimum Gasteiger partial charge on any atom is -0.377 e.